The largest absolute Gasteiger partial charge is 0.462 e. The highest BCUT2D eigenvalue weighted by Gasteiger charge is 2.19. The number of carbonyl (C=O) groups excluding carboxylic acids is 3. The Morgan fingerprint density at radius 1 is 0.253 bits per heavy atom. The van der Waals surface area contributed by atoms with Crippen LogP contribution in [0.3, 0.4) is 0 Å². The minimum atomic E-state index is -0.795. The molecule has 0 heterocycles. The third-order valence-corrected chi connectivity index (χ3v) is 14.9. The average Bonchev–Trinajstić information content (AvgIpc) is 3.49. The van der Waals surface area contributed by atoms with Crippen molar-refractivity contribution in [3.63, 3.8) is 0 Å². The zero-order chi connectivity index (χ0) is 59.9. The van der Waals surface area contributed by atoms with Gasteiger partial charge in [-0.1, -0.05) is 296 Å². The number of esters is 3. The second-order valence-corrected chi connectivity index (χ2v) is 23.1. The first kappa shape index (κ1) is 78.8. The van der Waals surface area contributed by atoms with Gasteiger partial charge in [0.1, 0.15) is 13.2 Å². The van der Waals surface area contributed by atoms with Gasteiger partial charge in [0.25, 0.3) is 0 Å². The molecule has 0 aliphatic carbocycles. The number of rotatable bonds is 63. The number of ether oxygens (including phenoxy) is 3. The summed E-state index contributed by atoms with van der Waals surface area (Å²) in [6, 6.07) is 0. The predicted molar refractivity (Wildman–Crippen MR) is 362 cm³/mol. The molecular weight excluding hydrogens is 1020 g/mol. The molecule has 0 spiro atoms. The summed E-state index contributed by atoms with van der Waals surface area (Å²) in [5.74, 6) is -0.902. The van der Waals surface area contributed by atoms with Crippen LogP contribution in [0, 0.1) is 0 Å². The van der Waals surface area contributed by atoms with Crippen LogP contribution < -0.4 is 0 Å². The zero-order valence-electron chi connectivity index (χ0n) is 54.4. The van der Waals surface area contributed by atoms with Gasteiger partial charge in [0.05, 0.1) is 0 Å². The lowest BCUT2D eigenvalue weighted by molar-refractivity contribution is -0.167. The molecule has 0 bridgehead atoms. The van der Waals surface area contributed by atoms with Crippen LogP contribution in [0.15, 0.2) is 122 Å². The predicted octanol–water partition coefficient (Wildman–Crippen LogP) is 24.3. The van der Waals surface area contributed by atoms with Crippen molar-refractivity contribution in [1.29, 1.82) is 0 Å². The highest BCUT2D eigenvalue weighted by atomic mass is 16.6. The van der Waals surface area contributed by atoms with Crippen molar-refractivity contribution >= 4 is 17.9 Å². The Bertz CT molecular complexity index is 1700. The standard InChI is InChI=1S/C77H130O6/c1-4-7-10-13-16-19-22-25-28-31-33-35-37-38-40-41-43-46-49-52-55-58-61-64-67-70-76(79)82-73-74(72-81-75(78)69-66-63-60-57-54-51-48-45-30-27-24-21-18-15-12-9-6-3)83-77(80)71-68-65-62-59-56-53-50-47-44-42-39-36-34-32-29-26-23-20-17-14-11-8-5-2/h7,10,16,18-19,21,23,25-28,30,32-35,38,40,43,46,74H,4-6,8-9,11-15,17,20,22,24,29,31,36-37,39,41-42,44-45,47-73H2,1-3H3/b10-7-,19-16-,21-18-,26-23-,28-25-,30-27-,34-32-,35-33-,40-38-,46-43-. The van der Waals surface area contributed by atoms with Crippen molar-refractivity contribution < 1.29 is 28.6 Å². The molecule has 0 aromatic carbocycles. The lowest BCUT2D eigenvalue weighted by atomic mass is 10.0. The van der Waals surface area contributed by atoms with E-state index in [1.54, 1.807) is 0 Å². The van der Waals surface area contributed by atoms with Crippen LogP contribution in [0.5, 0.6) is 0 Å². The molecule has 0 saturated carbocycles. The summed E-state index contributed by atoms with van der Waals surface area (Å²) in [6.45, 7) is 6.50. The number of hydrogen-bond donors (Lipinski definition) is 0. The Kier molecular flexibility index (Phi) is 66.7. The Morgan fingerprint density at radius 2 is 0.470 bits per heavy atom. The van der Waals surface area contributed by atoms with Gasteiger partial charge in [0.15, 0.2) is 6.10 Å². The molecule has 0 aromatic rings. The summed E-state index contributed by atoms with van der Waals surface area (Å²) in [7, 11) is 0. The molecule has 6 heteroatoms. The summed E-state index contributed by atoms with van der Waals surface area (Å²) in [5, 5.41) is 0. The first-order valence-corrected chi connectivity index (χ1v) is 35.0. The van der Waals surface area contributed by atoms with E-state index in [9.17, 15) is 14.4 Å². The van der Waals surface area contributed by atoms with Gasteiger partial charge in [-0.2, -0.15) is 0 Å². The second-order valence-electron chi connectivity index (χ2n) is 23.1. The quantitative estimate of drug-likeness (QED) is 0.0261. The molecular formula is C77H130O6. The Hall–Kier alpha value is -4.19. The summed E-state index contributed by atoms with van der Waals surface area (Å²) in [4.78, 5) is 38.5. The highest BCUT2D eigenvalue weighted by molar-refractivity contribution is 5.71. The van der Waals surface area contributed by atoms with Crippen LogP contribution >= 0.6 is 0 Å². The first-order chi connectivity index (χ1) is 41.0. The van der Waals surface area contributed by atoms with Crippen LogP contribution in [-0.4, -0.2) is 37.2 Å². The van der Waals surface area contributed by atoms with Gasteiger partial charge in [0, 0.05) is 19.3 Å². The molecule has 474 valence electrons. The lowest BCUT2D eigenvalue weighted by Gasteiger charge is -2.18. The molecule has 0 aromatic heterocycles. The molecule has 0 fully saturated rings. The monoisotopic (exact) mass is 1150 g/mol. The van der Waals surface area contributed by atoms with Gasteiger partial charge in [-0.3, -0.25) is 14.4 Å². The van der Waals surface area contributed by atoms with E-state index in [1.807, 2.05) is 0 Å². The average molecular weight is 1150 g/mol. The molecule has 1 atom stereocenters. The van der Waals surface area contributed by atoms with E-state index in [0.717, 1.165) is 128 Å². The molecule has 0 amide bonds. The van der Waals surface area contributed by atoms with Crippen molar-refractivity contribution in [3.8, 4) is 0 Å². The number of hydrogen-bond acceptors (Lipinski definition) is 6. The van der Waals surface area contributed by atoms with Crippen LogP contribution in [0.1, 0.15) is 329 Å². The Morgan fingerprint density at radius 3 is 0.759 bits per heavy atom. The van der Waals surface area contributed by atoms with E-state index < -0.39 is 6.10 Å². The second kappa shape index (κ2) is 70.3. The molecule has 1 unspecified atom stereocenters. The molecule has 0 radical (unpaired) electrons. The highest BCUT2D eigenvalue weighted by Crippen LogP contribution is 2.16. The number of unbranched alkanes of at least 4 members (excludes halogenated alkanes) is 32. The van der Waals surface area contributed by atoms with E-state index in [2.05, 4.69) is 142 Å². The summed E-state index contributed by atoms with van der Waals surface area (Å²) >= 11 is 0. The summed E-state index contributed by atoms with van der Waals surface area (Å²) < 4.78 is 17.0. The van der Waals surface area contributed by atoms with Crippen molar-refractivity contribution in [1.82, 2.24) is 0 Å². The fourth-order valence-corrected chi connectivity index (χ4v) is 9.68. The van der Waals surface area contributed by atoms with E-state index >= 15 is 0 Å². The van der Waals surface area contributed by atoms with E-state index in [1.165, 1.54) is 161 Å². The fraction of sp³-hybridized carbons (Fsp3) is 0.701. The third-order valence-electron chi connectivity index (χ3n) is 14.9. The van der Waals surface area contributed by atoms with E-state index in [0.29, 0.717) is 19.3 Å². The van der Waals surface area contributed by atoms with Crippen molar-refractivity contribution in [2.45, 2.75) is 335 Å². The van der Waals surface area contributed by atoms with Gasteiger partial charge < -0.3 is 14.2 Å². The molecule has 0 saturated heterocycles. The maximum absolute atomic E-state index is 13.0. The summed E-state index contributed by atoms with van der Waals surface area (Å²) in [5.41, 5.74) is 0. The molecule has 6 nitrogen and oxygen atoms in total. The van der Waals surface area contributed by atoms with Crippen molar-refractivity contribution in [2.24, 2.45) is 0 Å². The minimum Gasteiger partial charge on any atom is -0.462 e. The van der Waals surface area contributed by atoms with Gasteiger partial charge in [-0.25, -0.2) is 0 Å². The van der Waals surface area contributed by atoms with Gasteiger partial charge in [-0.15, -0.1) is 0 Å². The topological polar surface area (TPSA) is 78.9 Å². The van der Waals surface area contributed by atoms with Crippen LogP contribution in [0.2, 0.25) is 0 Å². The van der Waals surface area contributed by atoms with Crippen molar-refractivity contribution in [2.75, 3.05) is 13.2 Å². The van der Waals surface area contributed by atoms with E-state index in [4.69, 9.17) is 14.2 Å². The maximum Gasteiger partial charge on any atom is 0.306 e. The van der Waals surface area contributed by atoms with Gasteiger partial charge >= 0.3 is 17.9 Å². The molecule has 83 heavy (non-hydrogen) atoms. The van der Waals surface area contributed by atoms with Crippen LogP contribution in [-0.2, 0) is 28.6 Å². The first-order valence-electron chi connectivity index (χ1n) is 35.0. The Labute approximate surface area is 513 Å². The summed E-state index contributed by atoms with van der Waals surface area (Å²) in [6.07, 6.45) is 97.8. The molecule has 0 rings (SSSR count). The third kappa shape index (κ3) is 68.5. The van der Waals surface area contributed by atoms with Crippen LogP contribution in [0.25, 0.3) is 0 Å². The Balaban J connectivity index is 4.42. The molecule has 0 N–H and O–H groups in total. The van der Waals surface area contributed by atoms with Crippen molar-refractivity contribution in [3.05, 3.63) is 122 Å². The maximum atomic E-state index is 13.0. The van der Waals surface area contributed by atoms with E-state index in [-0.39, 0.29) is 31.1 Å². The fourth-order valence-electron chi connectivity index (χ4n) is 9.68. The van der Waals surface area contributed by atoms with Gasteiger partial charge in [-0.05, 0) is 135 Å². The van der Waals surface area contributed by atoms with Crippen LogP contribution in [0.4, 0.5) is 0 Å². The SMILES string of the molecule is CC/C=C\C/C=C\C/C=C\C/C=C\C/C=C\C/C=C\CCCCCCCCC(=O)OCC(COC(=O)CCCCCCCCC/C=C\C/C=C\CCCCC)OC(=O)CCCCCCCCCCCCC/C=C\C/C=C\CCCCCCC. The zero-order valence-corrected chi connectivity index (χ0v) is 54.4. The lowest BCUT2D eigenvalue weighted by Crippen LogP contribution is -2.30. The smallest absolute Gasteiger partial charge is 0.306 e. The normalized spacial score (nSPS) is 12.9. The number of allylic oxidation sites excluding steroid dienone is 20. The van der Waals surface area contributed by atoms with Gasteiger partial charge in [0.2, 0.25) is 0 Å². The molecule has 0 aliphatic rings. The minimum absolute atomic E-state index is 0.0889. The number of carbonyl (C=O) groups is 3. The molecule has 0 aliphatic heterocycles.